The van der Waals surface area contributed by atoms with Gasteiger partial charge in [-0.2, -0.15) is 0 Å². The van der Waals surface area contributed by atoms with Crippen LogP contribution in [0.1, 0.15) is 24.7 Å². The Morgan fingerprint density at radius 3 is 2.64 bits per heavy atom. The summed E-state index contributed by atoms with van der Waals surface area (Å²) in [4.78, 5) is 16.6. The van der Waals surface area contributed by atoms with Gasteiger partial charge in [0.05, 0.1) is 21.0 Å². The molecule has 0 N–H and O–H groups in total. The quantitative estimate of drug-likeness (QED) is 0.358. The van der Waals surface area contributed by atoms with Gasteiger partial charge in [0.15, 0.2) is 0 Å². The fraction of sp³-hybridized carbons (Fsp3) is 0.304. The number of benzene rings is 2. The molecule has 33 heavy (non-hydrogen) atoms. The van der Waals surface area contributed by atoms with Gasteiger partial charge in [-0.05, 0) is 43.2 Å². The Balaban J connectivity index is 1.72. The molecule has 0 saturated heterocycles. The number of sulfonamides is 1. The minimum atomic E-state index is -3.57. The first kappa shape index (κ1) is 23.3. The molecule has 0 fully saturated rings. The molecule has 174 valence electrons. The maximum Gasteiger partial charge on any atom is 0.336 e. The lowest BCUT2D eigenvalue weighted by molar-refractivity contribution is 0.290. The van der Waals surface area contributed by atoms with E-state index in [0.717, 1.165) is 22.9 Å². The third kappa shape index (κ3) is 4.36. The molecule has 2 heterocycles. The van der Waals surface area contributed by atoms with Gasteiger partial charge >= 0.3 is 5.63 Å². The fourth-order valence-corrected chi connectivity index (χ4v) is 4.83. The topological polar surface area (TPSA) is 94.6 Å². The van der Waals surface area contributed by atoms with E-state index in [2.05, 4.69) is 4.98 Å². The van der Waals surface area contributed by atoms with E-state index in [1.165, 1.54) is 24.5 Å². The van der Waals surface area contributed by atoms with Crippen LogP contribution in [0.3, 0.4) is 0 Å². The zero-order valence-corrected chi connectivity index (χ0v) is 20.3. The Hall–Kier alpha value is -2.88. The number of rotatable bonds is 7. The largest absolute Gasteiger partial charge is 0.484 e. The van der Waals surface area contributed by atoms with Crippen molar-refractivity contribution >= 4 is 43.6 Å². The van der Waals surface area contributed by atoms with Crippen molar-refractivity contribution in [2.45, 2.75) is 38.3 Å². The third-order valence-electron chi connectivity index (χ3n) is 5.39. The van der Waals surface area contributed by atoms with Gasteiger partial charge < -0.3 is 13.7 Å². The Labute approximate surface area is 196 Å². The molecule has 8 nitrogen and oxygen atoms in total. The Morgan fingerprint density at radius 2 is 1.94 bits per heavy atom. The molecular formula is C23H24ClN3O5S. The van der Waals surface area contributed by atoms with Gasteiger partial charge in [-0.25, -0.2) is 22.5 Å². The van der Waals surface area contributed by atoms with Crippen LogP contribution in [-0.4, -0.2) is 36.4 Å². The number of fused-ring (bicyclic) bond motifs is 2. The molecule has 0 bridgehead atoms. The molecule has 0 aliphatic heterocycles. The molecule has 0 spiro atoms. The first-order valence-electron chi connectivity index (χ1n) is 10.4. The second-order valence-electron chi connectivity index (χ2n) is 7.93. The molecule has 0 atom stereocenters. The molecule has 2 aromatic heterocycles. The van der Waals surface area contributed by atoms with E-state index in [4.69, 9.17) is 20.8 Å². The lowest BCUT2D eigenvalue weighted by Crippen LogP contribution is -2.22. The van der Waals surface area contributed by atoms with Crippen molar-refractivity contribution in [3.63, 3.8) is 0 Å². The number of halogens is 1. The summed E-state index contributed by atoms with van der Waals surface area (Å²) in [6.45, 7) is 4.65. The van der Waals surface area contributed by atoms with Crippen LogP contribution in [0, 0.1) is 6.92 Å². The zero-order valence-electron chi connectivity index (χ0n) is 18.8. The van der Waals surface area contributed by atoms with Gasteiger partial charge in [0, 0.05) is 38.2 Å². The van der Waals surface area contributed by atoms with Crippen LogP contribution in [0.4, 0.5) is 0 Å². The molecule has 0 saturated carbocycles. The highest BCUT2D eigenvalue weighted by Gasteiger charge is 2.20. The van der Waals surface area contributed by atoms with E-state index in [1.807, 2.05) is 18.4 Å². The Bertz CT molecular complexity index is 1520. The van der Waals surface area contributed by atoms with Crippen LogP contribution in [0.5, 0.6) is 5.75 Å². The van der Waals surface area contributed by atoms with Crippen molar-refractivity contribution in [1.82, 2.24) is 13.9 Å². The number of aryl methyl sites for hydroxylation is 2. The maximum atomic E-state index is 12.5. The maximum absolute atomic E-state index is 12.5. The molecule has 0 amide bonds. The number of ether oxygens (including phenoxy) is 1. The summed E-state index contributed by atoms with van der Waals surface area (Å²) in [5, 5.41) is 1.12. The van der Waals surface area contributed by atoms with Crippen molar-refractivity contribution in [3.05, 3.63) is 63.2 Å². The molecule has 0 aliphatic carbocycles. The molecule has 0 aliphatic rings. The number of hydrogen-bond acceptors (Lipinski definition) is 6. The van der Waals surface area contributed by atoms with Crippen LogP contribution in [0.25, 0.3) is 22.0 Å². The monoisotopic (exact) mass is 489 g/mol. The van der Waals surface area contributed by atoms with E-state index in [-0.39, 0.29) is 11.5 Å². The van der Waals surface area contributed by atoms with Crippen LogP contribution >= 0.6 is 11.6 Å². The highest BCUT2D eigenvalue weighted by Crippen LogP contribution is 2.32. The molecule has 2 aromatic carbocycles. The first-order valence-corrected chi connectivity index (χ1v) is 12.2. The lowest BCUT2D eigenvalue weighted by Gasteiger charge is -2.12. The smallest absolute Gasteiger partial charge is 0.336 e. The summed E-state index contributed by atoms with van der Waals surface area (Å²) < 4.78 is 39.5. The van der Waals surface area contributed by atoms with E-state index in [0.29, 0.717) is 34.2 Å². The second-order valence-corrected chi connectivity index (χ2v) is 10.5. The van der Waals surface area contributed by atoms with Gasteiger partial charge in [-0.3, -0.25) is 0 Å². The Kier molecular flexibility index (Phi) is 6.22. The SMILES string of the molecule is CCCn1c(COc2cc3oc(=O)cc(C)c3cc2Cl)nc2cc(S(=O)(=O)N(C)C)ccc21. The third-order valence-corrected chi connectivity index (χ3v) is 7.49. The van der Waals surface area contributed by atoms with Crippen molar-refractivity contribution < 1.29 is 17.6 Å². The Morgan fingerprint density at radius 1 is 1.18 bits per heavy atom. The van der Waals surface area contributed by atoms with Gasteiger partial charge in [-0.1, -0.05) is 18.5 Å². The average Bonchev–Trinajstić information content (AvgIpc) is 3.09. The van der Waals surface area contributed by atoms with Crippen molar-refractivity contribution in [1.29, 1.82) is 0 Å². The zero-order chi connectivity index (χ0) is 23.9. The number of aromatic nitrogens is 2. The van der Waals surface area contributed by atoms with Crippen LogP contribution in [0.15, 0.2) is 50.5 Å². The van der Waals surface area contributed by atoms with Gasteiger partial charge in [0.25, 0.3) is 0 Å². The highest BCUT2D eigenvalue weighted by atomic mass is 35.5. The average molecular weight is 490 g/mol. The molecule has 10 heteroatoms. The molecule has 4 rings (SSSR count). The van der Waals surface area contributed by atoms with Crippen LogP contribution < -0.4 is 10.4 Å². The van der Waals surface area contributed by atoms with Gasteiger partial charge in [-0.15, -0.1) is 0 Å². The van der Waals surface area contributed by atoms with Crippen molar-refractivity contribution in [2.75, 3.05) is 14.1 Å². The first-order chi connectivity index (χ1) is 15.6. The standard InChI is InChI=1S/C23H24ClN3O5S/c1-5-8-27-19-7-6-15(33(29,30)26(3)4)10-18(19)25-22(27)13-31-21-12-20-16(11-17(21)24)14(2)9-23(28)32-20/h6-7,9-12H,5,8,13H2,1-4H3. The van der Waals surface area contributed by atoms with Crippen molar-refractivity contribution in [3.8, 4) is 5.75 Å². The number of hydrogen-bond donors (Lipinski definition) is 0. The van der Waals surface area contributed by atoms with Gasteiger partial charge in [0.2, 0.25) is 10.0 Å². The van der Waals surface area contributed by atoms with Crippen LogP contribution in [-0.2, 0) is 23.2 Å². The second kappa shape index (κ2) is 8.81. The predicted molar refractivity (Wildman–Crippen MR) is 127 cm³/mol. The minimum Gasteiger partial charge on any atom is -0.484 e. The van der Waals surface area contributed by atoms with E-state index in [1.54, 1.807) is 30.3 Å². The summed E-state index contributed by atoms with van der Waals surface area (Å²) in [5.41, 5.74) is 2.10. The fourth-order valence-electron chi connectivity index (χ4n) is 3.69. The summed E-state index contributed by atoms with van der Waals surface area (Å²) >= 11 is 6.42. The number of imidazole rings is 1. The van der Waals surface area contributed by atoms with Crippen LogP contribution in [0.2, 0.25) is 5.02 Å². The predicted octanol–water partition coefficient (Wildman–Crippen LogP) is 4.34. The lowest BCUT2D eigenvalue weighted by atomic mass is 10.1. The summed E-state index contributed by atoms with van der Waals surface area (Å²) in [6, 6.07) is 9.63. The van der Waals surface area contributed by atoms with E-state index in [9.17, 15) is 13.2 Å². The summed E-state index contributed by atoms with van der Waals surface area (Å²) in [7, 11) is -0.591. The normalized spacial score (nSPS) is 12.2. The summed E-state index contributed by atoms with van der Waals surface area (Å²) in [6.07, 6.45) is 0.859. The van der Waals surface area contributed by atoms with Crippen molar-refractivity contribution in [2.24, 2.45) is 0 Å². The summed E-state index contributed by atoms with van der Waals surface area (Å²) in [5.74, 6) is 0.997. The highest BCUT2D eigenvalue weighted by molar-refractivity contribution is 7.89. The van der Waals surface area contributed by atoms with E-state index < -0.39 is 15.6 Å². The molecule has 4 aromatic rings. The van der Waals surface area contributed by atoms with Gasteiger partial charge in [0.1, 0.15) is 23.8 Å². The molecular weight excluding hydrogens is 466 g/mol. The minimum absolute atomic E-state index is 0.103. The molecule has 0 unspecified atom stereocenters. The van der Waals surface area contributed by atoms with E-state index >= 15 is 0 Å². The molecule has 0 radical (unpaired) electrons. The number of nitrogens with zero attached hydrogens (tertiary/aromatic N) is 3.